The number of carboxylic acids is 1. The molecule has 0 saturated carbocycles. The van der Waals surface area contributed by atoms with Gasteiger partial charge in [0.15, 0.2) is 5.78 Å². The third kappa shape index (κ3) is 2.52. The molecular weight excluding hydrogens is 242 g/mol. The van der Waals surface area contributed by atoms with E-state index in [2.05, 4.69) is 13.8 Å². The fourth-order valence-corrected chi connectivity index (χ4v) is 2.26. The van der Waals surface area contributed by atoms with Gasteiger partial charge in [-0.25, -0.2) is 4.79 Å². The smallest absolute Gasteiger partial charge is 0.335 e. The molecule has 2 rings (SSSR count). The molecule has 4 heteroatoms. The lowest BCUT2D eigenvalue weighted by atomic mass is 10.1. The third-order valence-corrected chi connectivity index (χ3v) is 3.07. The summed E-state index contributed by atoms with van der Waals surface area (Å²) >= 11 is 0. The van der Waals surface area contributed by atoms with Crippen molar-refractivity contribution in [3.05, 3.63) is 35.5 Å². The number of aromatic nitrogens is 1. The van der Waals surface area contributed by atoms with Crippen LogP contribution in [0.5, 0.6) is 0 Å². The largest absolute Gasteiger partial charge is 0.478 e. The topological polar surface area (TPSA) is 59.3 Å². The van der Waals surface area contributed by atoms with E-state index in [4.69, 9.17) is 5.11 Å². The molecule has 19 heavy (non-hydrogen) atoms. The molecule has 0 fully saturated rings. The highest BCUT2D eigenvalue weighted by Gasteiger charge is 2.14. The summed E-state index contributed by atoms with van der Waals surface area (Å²) in [5.74, 6) is -0.572. The molecule has 0 spiro atoms. The van der Waals surface area contributed by atoms with Gasteiger partial charge in [0.2, 0.25) is 0 Å². The predicted molar refractivity (Wildman–Crippen MR) is 73.7 cm³/mol. The summed E-state index contributed by atoms with van der Waals surface area (Å²) < 4.78 is 2.02. The van der Waals surface area contributed by atoms with Crippen LogP contribution in [0.15, 0.2) is 24.4 Å². The van der Waals surface area contributed by atoms with Crippen molar-refractivity contribution in [3.8, 4) is 0 Å². The lowest BCUT2D eigenvalue weighted by molar-refractivity contribution is 0.0696. The number of aromatic carboxylic acids is 1. The summed E-state index contributed by atoms with van der Waals surface area (Å²) in [6.07, 6.45) is 1.82. The Kier molecular flexibility index (Phi) is 3.42. The van der Waals surface area contributed by atoms with Crippen LogP contribution in [-0.4, -0.2) is 21.4 Å². The average molecular weight is 259 g/mol. The van der Waals surface area contributed by atoms with Crippen LogP contribution in [0, 0.1) is 5.92 Å². The molecule has 0 atom stereocenters. The van der Waals surface area contributed by atoms with Crippen molar-refractivity contribution in [3.63, 3.8) is 0 Å². The molecule has 4 nitrogen and oxygen atoms in total. The monoisotopic (exact) mass is 259 g/mol. The molecule has 0 bridgehead atoms. The van der Waals surface area contributed by atoms with E-state index in [1.807, 2.05) is 10.8 Å². The molecule has 0 aliphatic carbocycles. The van der Waals surface area contributed by atoms with Crippen LogP contribution in [0.4, 0.5) is 0 Å². The van der Waals surface area contributed by atoms with Crippen molar-refractivity contribution in [2.45, 2.75) is 27.3 Å². The fraction of sp³-hybridized carbons (Fsp3) is 0.333. The quantitative estimate of drug-likeness (QED) is 0.858. The van der Waals surface area contributed by atoms with Gasteiger partial charge in [0.25, 0.3) is 0 Å². The molecule has 0 saturated heterocycles. The number of carbonyl (C=O) groups excluding carboxylic acids is 1. The maximum Gasteiger partial charge on any atom is 0.335 e. The maximum absolute atomic E-state index is 11.7. The predicted octanol–water partition coefficient (Wildman–Crippen LogP) is 3.20. The molecule has 0 unspecified atom stereocenters. The number of carbonyl (C=O) groups is 2. The van der Waals surface area contributed by atoms with E-state index in [1.165, 1.54) is 6.92 Å². The Morgan fingerprint density at radius 2 is 2.00 bits per heavy atom. The van der Waals surface area contributed by atoms with Crippen LogP contribution >= 0.6 is 0 Å². The molecular formula is C15H17NO3. The molecule has 0 amide bonds. The second kappa shape index (κ2) is 4.88. The lowest BCUT2D eigenvalue weighted by Crippen LogP contribution is -2.03. The van der Waals surface area contributed by atoms with E-state index >= 15 is 0 Å². The summed E-state index contributed by atoms with van der Waals surface area (Å²) in [6, 6.07) is 4.92. The normalized spacial score (nSPS) is 11.2. The summed E-state index contributed by atoms with van der Waals surface area (Å²) in [7, 11) is 0. The Balaban J connectivity index is 2.67. The van der Waals surface area contributed by atoms with Gasteiger partial charge in [-0.05, 0) is 31.0 Å². The van der Waals surface area contributed by atoms with Crippen molar-refractivity contribution in [2.75, 3.05) is 0 Å². The first kappa shape index (κ1) is 13.3. The molecule has 1 N–H and O–H groups in total. The first-order valence-electron chi connectivity index (χ1n) is 6.27. The van der Waals surface area contributed by atoms with Gasteiger partial charge in [-0.3, -0.25) is 4.79 Å². The number of fused-ring (bicyclic) bond motifs is 1. The van der Waals surface area contributed by atoms with Crippen molar-refractivity contribution >= 4 is 22.7 Å². The van der Waals surface area contributed by atoms with E-state index in [9.17, 15) is 9.59 Å². The van der Waals surface area contributed by atoms with Crippen LogP contribution in [0.1, 0.15) is 41.5 Å². The lowest BCUT2D eigenvalue weighted by Gasteiger charge is -2.08. The van der Waals surface area contributed by atoms with Crippen LogP contribution in [-0.2, 0) is 6.54 Å². The van der Waals surface area contributed by atoms with E-state index in [1.54, 1.807) is 18.2 Å². The van der Waals surface area contributed by atoms with E-state index in [-0.39, 0.29) is 11.3 Å². The van der Waals surface area contributed by atoms with E-state index in [0.29, 0.717) is 16.9 Å². The van der Waals surface area contributed by atoms with E-state index in [0.717, 1.165) is 12.1 Å². The summed E-state index contributed by atoms with van der Waals surface area (Å²) in [4.78, 5) is 22.7. The first-order chi connectivity index (χ1) is 8.90. The standard InChI is InChI=1S/C15H17NO3/c1-9(2)7-16-8-13(10(3)17)12-6-11(15(18)19)4-5-14(12)16/h4-6,8-9H,7H2,1-3H3,(H,18,19). The summed E-state index contributed by atoms with van der Waals surface area (Å²) in [5, 5.41) is 9.75. The van der Waals surface area contributed by atoms with Gasteiger partial charge in [-0.2, -0.15) is 0 Å². The average Bonchev–Trinajstić information content (AvgIpc) is 2.66. The molecule has 1 heterocycles. The SMILES string of the molecule is CC(=O)c1cn(CC(C)C)c2ccc(C(=O)O)cc12. The number of rotatable bonds is 4. The zero-order valence-corrected chi connectivity index (χ0v) is 11.3. The molecule has 0 aliphatic rings. The Labute approximate surface area is 111 Å². The minimum absolute atomic E-state index is 0.0463. The van der Waals surface area contributed by atoms with Gasteiger partial charge in [0, 0.05) is 29.2 Å². The highest BCUT2D eigenvalue weighted by molar-refractivity contribution is 6.08. The van der Waals surface area contributed by atoms with Gasteiger partial charge < -0.3 is 9.67 Å². The first-order valence-corrected chi connectivity index (χ1v) is 6.27. The maximum atomic E-state index is 11.7. The van der Waals surface area contributed by atoms with Gasteiger partial charge >= 0.3 is 5.97 Å². The molecule has 0 aliphatic heterocycles. The van der Waals surface area contributed by atoms with Crippen LogP contribution in [0.25, 0.3) is 10.9 Å². The van der Waals surface area contributed by atoms with Crippen molar-refractivity contribution in [1.29, 1.82) is 0 Å². The second-order valence-corrected chi connectivity index (χ2v) is 5.18. The van der Waals surface area contributed by atoms with Crippen LogP contribution in [0.3, 0.4) is 0 Å². The highest BCUT2D eigenvalue weighted by Crippen LogP contribution is 2.24. The van der Waals surface area contributed by atoms with Crippen molar-refractivity contribution in [2.24, 2.45) is 5.92 Å². The number of nitrogens with zero attached hydrogens (tertiary/aromatic N) is 1. The van der Waals surface area contributed by atoms with Crippen LogP contribution < -0.4 is 0 Å². The number of hydrogen-bond acceptors (Lipinski definition) is 2. The van der Waals surface area contributed by atoms with E-state index < -0.39 is 5.97 Å². The fourth-order valence-electron chi connectivity index (χ4n) is 2.26. The number of benzene rings is 1. The third-order valence-electron chi connectivity index (χ3n) is 3.07. The Morgan fingerprint density at radius 3 is 2.53 bits per heavy atom. The molecule has 1 aromatic carbocycles. The van der Waals surface area contributed by atoms with Crippen molar-refractivity contribution < 1.29 is 14.7 Å². The van der Waals surface area contributed by atoms with Gasteiger partial charge in [-0.1, -0.05) is 13.8 Å². The Bertz CT molecular complexity index is 653. The zero-order valence-electron chi connectivity index (χ0n) is 11.3. The highest BCUT2D eigenvalue weighted by atomic mass is 16.4. The second-order valence-electron chi connectivity index (χ2n) is 5.18. The van der Waals surface area contributed by atoms with Gasteiger partial charge in [0.05, 0.1) is 5.56 Å². The van der Waals surface area contributed by atoms with Gasteiger partial charge in [0.1, 0.15) is 0 Å². The van der Waals surface area contributed by atoms with Crippen LogP contribution in [0.2, 0.25) is 0 Å². The summed E-state index contributed by atoms with van der Waals surface area (Å²) in [5.41, 5.74) is 1.69. The number of carboxylic acid groups (broad SMARTS) is 1. The number of hydrogen-bond donors (Lipinski definition) is 1. The summed E-state index contributed by atoms with van der Waals surface area (Å²) in [6.45, 7) is 6.51. The molecule has 0 radical (unpaired) electrons. The minimum atomic E-state index is -0.979. The van der Waals surface area contributed by atoms with Crippen molar-refractivity contribution in [1.82, 2.24) is 4.57 Å². The Morgan fingerprint density at radius 1 is 1.32 bits per heavy atom. The molecule has 1 aromatic heterocycles. The van der Waals surface area contributed by atoms with Gasteiger partial charge in [-0.15, -0.1) is 0 Å². The Hall–Kier alpha value is -2.10. The number of ketones is 1. The minimum Gasteiger partial charge on any atom is -0.478 e. The zero-order chi connectivity index (χ0) is 14.2. The molecule has 2 aromatic rings. The number of Topliss-reactive ketones (excluding diaryl/α,β-unsaturated/α-hetero) is 1. The molecule has 100 valence electrons.